The van der Waals surface area contributed by atoms with Crippen molar-refractivity contribution in [2.45, 2.75) is 44.2 Å². The topological polar surface area (TPSA) is 52.2 Å². The Balaban J connectivity index is 1.46. The van der Waals surface area contributed by atoms with Gasteiger partial charge in [-0.2, -0.15) is 13.2 Å². The van der Waals surface area contributed by atoms with E-state index in [0.717, 1.165) is 12.3 Å². The standard InChI is InChI=1S/C18H17F5N4O/c19-11-3-1-2-10(17(11)20)8-27-12-4-5-26(13(12)6-16(27)28)9-15-24-7-14(25-15)18(21,22)23/h1-3,7,12-13H,4-6,8-9H2,(H,24,25)/t12-,13-/m0/s1. The van der Waals surface area contributed by atoms with Crippen molar-refractivity contribution in [3.63, 3.8) is 0 Å². The van der Waals surface area contributed by atoms with Crippen LogP contribution in [0.5, 0.6) is 0 Å². The third-order valence-corrected chi connectivity index (χ3v) is 5.39. The quantitative estimate of drug-likeness (QED) is 0.803. The number of halogens is 5. The Bertz CT molecular complexity index is 896. The number of hydrogen-bond acceptors (Lipinski definition) is 3. The van der Waals surface area contributed by atoms with Crippen molar-refractivity contribution < 1.29 is 26.7 Å². The van der Waals surface area contributed by atoms with Gasteiger partial charge in [-0.1, -0.05) is 12.1 Å². The lowest BCUT2D eigenvalue weighted by atomic mass is 10.1. The van der Waals surface area contributed by atoms with Crippen LogP contribution < -0.4 is 0 Å². The number of imidazole rings is 1. The molecule has 2 fully saturated rings. The summed E-state index contributed by atoms with van der Waals surface area (Å²) < 4.78 is 65.5. The minimum Gasteiger partial charge on any atom is -0.337 e. The molecule has 2 saturated heterocycles. The van der Waals surface area contributed by atoms with Crippen molar-refractivity contribution >= 4 is 5.91 Å². The molecule has 1 amide bonds. The van der Waals surface area contributed by atoms with Crippen LogP contribution in [0.2, 0.25) is 0 Å². The minimum absolute atomic E-state index is 0.0313. The average molecular weight is 400 g/mol. The van der Waals surface area contributed by atoms with Crippen LogP contribution >= 0.6 is 0 Å². The third kappa shape index (κ3) is 3.36. The number of nitrogens with zero attached hydrogens (tertiary/aromatic N) is 3. The van der Waals surface area contributed by atoms with Crippen molar-refractivity contribution in [2.75, 3.05) is 6.54 Å². The van der Waals surface area contributed by atoms with Gasteiger partial charge in [-0.15, -0.1) is 0 Å². The smallest absolute Gasteiger partial charge is 0.337 e. The Morgan fingerprint density at radius 1 is 1.18 bits per heavy atom. The van der Waals surface area contributed by atoms with Gasteiger partial charge >= 0.3 is 6.18 Å². The SMILES string of the molecule is O=C1C[C@H]2[C@H](CCN2Cc2ncc(C(F)(F)F)[nH]2)N1Cc1cccc(F)c1F. The van der Waals surface area contributed by atoms with E-state index in [1.54, 1.807) is 0 Å². The Morgan fingerprint density at radius 3 is 2.68 bits per heavy atom. The predicted octanol–water partition coefficient (Wildman–Crippen LogP) is 3.08. The number of alkyl halides is 3. The molecule has 3 heterocycles. The Morgan fingerprint density at radius 2 is 1.96 bits per heavy atom. The molecule has 0 bridgehead atoms. The lowest BCUT2D eigenvalue weighted by Gasteiger charge is -2.25. The summed E-state index contributed by atoms with van der Waals surface area (Å²) in [7, 11) is 0. The molecule has 0 aliphatic carbocycles. The number of amides is 1. The van der Waals surface area contributed by atoms with E-state index in [0.29, 0.717) is 13.0 Å². The zero-order valence-electron chi connectivity index (χ0n) is 14.6. The molecule has 4 rings (SSSR count). The van der Waals surface area contributed by atoms with E-state index in [1.165, 1.54) is 17.0 Å². The molecule has 0 spiro atoms. The lowest BCUT2D eigenvalue weighted by Crippen LogP contribution is -2.37. The van der Waals surface area contributed by atoms with Gasteiger partial charge in [0.05, 0.1) is 12.7 Å². The summed E-state index contributed by atoms with van der Waals surface area (Å²) in [4.78, 5) is 21.9. The van der Waals surface area contributed by atoms with Crippen molar-refractivity contribution in [3.05, 3.63) is 53.1 Å². The first-order chi connectivity index (χ1) is 13.2. The third-order valence-electron chi connectivity index (χ3n) is 5.39. The van der Waals surface area contributed by atoms with Gasteiger partial charge in [-0.05, 0) is 12.5 Å². The molecule has 2 aliphatic heterocycles. The van der Waals surface area contributed by atoms with Crippen molar-refractivity contribution in [1.29, 1.82) is 0 Å². The average Bonchev–Trinajstić information content (AvgIpc) is 3.31. The zero-order chi connectivity index (χ0) is 20.1. The predicted molar refractivity (Wildman–Crippen MR) is 87.7 cm³/mol. The van der Waals surface area contributed by atoms with E-state index in [4.69, 9.17) is 0 Å². The van der Waals surface area contributed by atoms with E-state index in [2.05, 4.69) is 9.97 Å². The van der Waals surface area contributed by atoms with Gasteiger partial charge in [0.1, 0.15) is 11.5 Å². The van der Waals surface area contributed by atoms with Gasteiger partial charge in [0.25, 0.3) is 0 Å². The largest absolute Gasteiger partial charge is 0.432 e. The molecule has 2 aromatic rings. The number of carbonyl (C=O) groups excluding carboxylic acids is 1. The number of nitrogens with one attached hydrogen (secondary N) is 1. The highest BCUT2D eigenvalue weighted by molar-refractivity contribution is 5.80. The second kappa shape index (κ2) is 6.84. The maximum atomic E-state index is 14.0. The first-order valence-electron chi connectivity index (χ1n) is 8.81. The van der Waals surface area contributed by atoms with Crippen LogP contribution in [0.3, 0.4) is 0 Å². The molecule has 0 unspecified atom stereocenters. The summed E-state index contributed by atoms with van der Waals surface area (Å²) in [5.74, 6) is -1.94. The van der Waals surface area contributed by atoms with E-state index in [9.17, 15) is 26.7 Å². The number of benzene rings is 1. The van der Waals surface area contributed by atoms with Crippen molar-refractivity contribution in [2.24, 2.45) is 0 Å². The molecule has 1 aromatic heterocycles. The summed E-state index contributed by atoms with van der Waals surface area (Å²) >= 11 is 0. The summed E-state index contributed by atoms with van der Waals surface area (Å²) in [6.07, 6.45) is -2.94. The summed E-state index contributed by atoms with van der Waals surface area (Å²) in [5, 5.41) is 0. The Kier molecular flexibility index (Phi) is 4.60. The van der Waals surface area contributed by atoms with E-state index in [-0.39, 0.29) is 48.9 Å². The van der Waals surface area contributed by atoms with Crippen LogP contribution in [-0.2, 0) is 24.1 Å². The van der Waals surface area contributed by atoms with E-state index in [1.807, 2.05) is 4.90 Å². The minimum atomic E-state index is -4.49. The van der Waals surface area contributed by atoms with Crippen molar-refractivity contribution in [3.8, 4) is 0 Å². The molecular weight excluding hydrogens is 383 g/mol. The van der Waals surface area contributed by atoms with Gasteiger partial charge < -0.3 is 9.88 Å². The summed E-state index contributed by atoms with van der Waals surface area (Å²) in [6.45, 7) is 0.704. The fourth-order valence-corrected chi connectivity index (χ4v) is 4.04. The first kappa shape index (κ1) is 18.9. The van der Waals surface area contributed by atoms with Gasteiger partial charge in [0, 0.05) is 37.2 Å². The highest BCUT2D eigenvalue weighted by Gasteiger charge is 2.47. The van der Waals surface area contributed by atoms with Crippen LogP contribution in [0.15, 0.2) is 24.4 Å². The molecule has 2 atom stereocenters. The molecule has 28 heavy (non-hydrogen) atoms. The van der Waals surface area contributed by atoms with Crippen LogP contribution in [0, 0.1) is 11.6 Å². The number of likely N-dealkylation sites (tertiary alicyclic amines) is 2. The molecule has 10 heteroatoms. The second-order valence-electron chi connectivity index (χ2n) is 7.07. The Labute approximate surface area is 157 Å². The van der Waals surface area contributed by atoms with Gasteiger partial charge in [0.15, 0.2) is 11.6 Å². The van der Waals surface area contributed by atoms with Gasteiger partial charge in [0.2, 0.25) is 5.91 Å². The van der Waals surface area contributed by atoms with Crippen LogP contribution in [0.25, 0.3) is 0 Å². The first-order valence-corrected chi connectivity index (χ1v) is 8.81. The molecule has 1 aromatic carbocycles. The zero-order valence-corrected chi connectivity index (χ0v) is 14.6. The molecule has 2 aliphatic rings. The number of fused-ring (bicyclic) bond motifs is 1. The molecule has 0 saturated carbocycles. The number of aromatic nitrogens is 2. The molecule has 1 N–H and O–H groups in total. The highest BCUT2D eigenvalue weighted by atomic mass is 19.4. The molecule has 5 nitrogen and oxygen atoms in total. The maximum absolute atomic E-state index is 14.0. The number of rotatable bonds is 4. The number of hydrogen-bond donors (Lipinski definition) is 1. The maximum Gasteiger partial charge on any atom is 0.432 e. The highest BCUT2D eigenvalue weighted by Crippen LogP contribution is 2.35. The van der Waals surface area contributed by atoms with Crippen molar-refractivity contribution in [1.82, 2.24) is 19.8 Å². The fraction of sp³-hybridized carbons (Fsp3) is 0.444. The summed E-state index contributed by atoms with van der Waals surface area (Å²) in [6, 6.07) is 3.47. The fourth-order valence-electron chi connectivity index (χ4n) is 4.04. The van der Waals surface area contributed by atoms with Crippen LogP contribution in [0.1, 0.15) is 29.9 Å². The normalized spacial score (nSPS) is 22.9. The van der Waals surface area contributed by atoms with E-state index < -0.39 is 23.5 Å². The molecule has 150 valence electrons. The van der Waals surface area contributed by atoms with Crippen LogP contribution in [-0.4, -0.2) is 44.3 Å². The monoisotopic (exact) mass is 400 g/mol. The van der Waals surface area contributed by atoms with Crippen LogP contribution in [0.4, 0.5) is 22.0 Å². The summed E-state index contributed by atoms with van der Waals surface area (Å²) in [5.41, 5.74) is -0.808. The van der Waals surface area contributed by atoms with E-state index >= 15 is 0 Å². The molecule has 0 radical (unpaired) electrons. The van der Waals surface area contributed by atoms with Gasteiger partial charge in [-0.3, -0.25) is 9.69 Å². The number of carbonyl (C=O) groups is 1. The number of H-pyrrole nitrogens is 1. The van der Waals surface area contributed by atoms with Gasteiger partial charge in [-0.25, -0.2) is 13.8 Å². The lowest BCUT2D eigenvalue weighted by molar-refractivity contribution is -0.141. The molecular formula is C18H17F5N4O. The number of aromatic amines is 1. The second-order valence-corrected chi connectivity index (χ2v) is 7.07. The Hall–Kier alpha value is -2.49.